The highest BCUT2D eigenvalue weighted by atomic mass is 19.1. The van der Waals surface area contributed by atoms with Gasteiger partial charge in [0.15, 0.2) is 0 Å². The van der Waals surface area contributed by atoms with Crippen LogP contribution in [0.4, 0.5) is 10.1 Å². The van der Waals surface area contributed by atoms with Crippen molar-refractivity contribution in [1.29, 1.82) is 0 Å². The monoisotopic (exact) mass is 219 g/mol. The first kappa shape index (κ1) is 11.8. The molecule has 0 atom stereocenters. The summed E-state index contributed by atoms with van der Waals surface area (Å²) in [5, 5.41) is 10.0. The molecule has 4 heteroatoms. The molecule has 16 heavy (non-hydrogen) atoms. The van der Waals surface area contributed by atoms with Gasteiger partial charge in [0.2, 0.25) is 0 Å². The van der Waals surface area contributed by atoms with Gasteiger partial charge in [-0.15, -0.1) is 0 Å². The number of benzene rings is 2. The van der Waals surface area contributed by atoms with Crippen LogP contribution in [0.2, 0.25) is 0 Å². The molecule has 0 aromatic heterocycles. The zero-order chi connectivity index (χ0) is 11.8. The second-order valence-electron chi connectivity index (χ2n) is 2.89. The van der Waals surface area contributed by atoms with Gasteiger partial charge in [-0.1, -0.05) is 36.4 Å². The maximum atomic E-state index is 11.9. The molecule has 0 saturated carbocycles. The third-order valence-corrected chi connectivity index (χ3v) is 1.70. The molecule has 0 spiro atoms. The van der Waals surface area contributed by atoms with Gasteiger partial charge in [-0.3, -0.25) is 10.1 Å². The van der Waals surface area contributed by atoms with Crippen molar-refractivity contribution in [2.45, 2.75) is 0 Å². The standard InChI is InChI=1S/C6H5F.C6H5NO2/c7-6-4-2-1-3-5-6;8-7(9)6-4-2-1-3-5-6/h1-5H;1-5H. The van der Waals surface area contributed by atoms with E-state index in [2.05, 4.69) is 0 Å². The summed E-state index contributed by atoms with van der Waals surface area (Å²) in [6.07, 6.45) is 0. The average molecular weight is 219 g/mol. The topological polar surface area (TPSA) is 43.1 Å². The highest BCUT2D eigenvalue weighted by Gasteiger charge is 1.98. The smallest absolute Gasteiger partial charge is 0.258 e. The van der Waals surface area contributed by atoms with E-state index >= 15 is 0 Å². The maximum absolute atomic E-state index is 11.9. The van der Waals surface area contributed by atoms with Crippen LogP contribution in [-0.4, -0.2) is 4.92 Å². The van der Waals surface area contributed by atoms with Crippen molar-refractivity contribution in [2.24, 2.45) is 0 Å². The lowest BCUT2D eigenvalue weighted by molar-refractivity contribution is -0.384. The van der Waals surface area contributed by atoms with Crippen molar-refractivity contribution in [3.63, 3.8) is 0 Å². The molecule has 0 bridgehead atoms. The molecule has 0 saturated heterocycles. The van der Waals surface area contributed by atoms with Crippen molar-refractivity contribution >= 4 is 5.69 Å². The van der Waals surface area contributed by atoms with E-state index in [1.165, 1.54) is 24.3 Å². The van der Waals surface area contributed by atoms with Gasteiger partial charge in [-0.25, -0.2) is 4.39 Å². The molecule has 0 aliphatic rings. The molecule has 2 aromatic rings. The van der Waals surface area contributed by atoms with Crippen molar-refractivity contribution in [2.75, 3.05) is 0 Å². The minimum absolute atomic E-state index is 0.137. The van der Waals surface area contributed by atoms with E-state index in [9.17, 15) is 14.5 Å². The quantitative estimate of drug-likeness (QED) is 0.544. The zero-order valence-corrected chi connectivity index (χ0v) is 8.42. The van der Waals surface area contributed by atoms with Crippen molar-refractivity contribution in [1.82, 2.24) is 0 Å². The van der Waals surface area contributed by atoms with Gasteiger partial charge in [0, 0.05) is 12.1 Å². The molecule has 0 aliphatic carbocycles. The van der Waals surface area contributed by atoms with Crippen molar-refractivity contribution in [3.05, 3.63) is 76.6 Å². The average Bonchev–Trinajstić information content (AvgIpc) is 2.32. The Labute approximate surface area is 92.3 Å². The SMILES string of the molecule is Fc1ccccc1.O=[N+]([O-])c1ccccc1. The number of hydrogen-bond donors (Lipinski definition) is 0. The first-order chi connectivity index (χ1) is 7.70. The van der Waals surface area contributed by atoms with E-state index in [1.807, 2.05) is 0 Å². The molecule has 82 valence electrons. The molecular weight excluding hydrogens is 209 g/mol. The van der Waals surface area contributed by atoms with Gasteiger partial charge in [-0.2, -0.15) is 0 Å². The Morgan fingerprint density at radius 1 is 0.875 bits per heavy atom. The molecule has 2 rings (SSSR count). The van der Waals surface area contributed by atoms with Gasteiger partial charge in [0.05, 0.1) is 4.92 Å². The number of nitro benzene ring substituents is 1. The largest absolute Gasteiger partial charge is 0.269 e. The molecule has 0 radical (unpaired) electrons. The van der Waals surface area contributed by atoms with E-state index in [0.29, 0.717) is 0 Å². The lowest BCUT2D eigenvalue weighted by atomic mass is 10.3. The first-order valence-electron chi connectivity index (χ1n) is 4.60. The summed E-state index contributed by atoms with van der Waals surface area (Å²) in [5.74, 6) is -0.178. The Kier molecular flexibility index (Phi) is 4.66. The Bertz CT molecular complexity index is 431. The molecule has 0 aliphatic heterocycles. The van der Waals surface area contributed by atoms with Gasteiger partial charge in [0.1, 0.15) is 5.82 Å². The molecule has 0 N–H and O–H groups in total. The third kappa shape index (κ3) is 4.32. The molecule has 0 unspecified atom stereocenters. The van der Waals surface area contributed by atoms with E-state index in [1.54, 1.807) is 36.4 Å². The van der Waals surface area contributed by atoms with Crippen LogP contribution in [0.25, 0.3) is 0 Å². The normalized spacial score (nSPS) is 8.81. The lowest BCUT2D eigenvalue weighted by Gasteiger charge is -1.85. The molecule has 0 amide bonds. The Morgan fingerprint density at radius 3 is 1.56 bits per heavy atom. The van der Waals surface area contributed by atoms with E-state index in [4.69, 9.17) is 0 Å². The summed E-state index contributed by atoms with van der Waals surface area (Å²) < 4.78 is 11.9. The summed E-state index contributed by atoms with van der Waals surface area (Å²) in [6.45, 7) is 0. The van der Waals surface area contributed by atoms with Crippen LogP contribution in [0.1, 0.15) is 0 Å². The number of para-hydroxylation sites is 1. The minimum Gasteiger partial charge on any atom is -0.258 e. The van der Waals surface area contributed by atoms with Crippen LogP contribution >= 0.6 is 0 Å². The summed E-state index contributed by atoms with van der Waals surface area (Å²) >= 11 is 0. The second kappa shape index (κ2) is 6.29. The van der Waals surface area contributed by atoms with Crippen LogP contribution < -0.4 is 0 Å². The molecule has 0 heterocycles. The summed E-state index contributed by atoms with van der Waals surface area (Å²) in [7, 11) is 0. The molecule has 3 nitrogen and oxygen atoms in total. The van der Waals surface area contributed by atoms with Crippen LogP contribution in [-0.2, 0) is 0 Å². The van der Waals surface area contributed by atoms with Gasteiger partial charge in [0.25, 0.3) is 5.69 Å². The molecule has 0 fully saturated rings. The van der Waals surface area contributed by atoms with Crippen LogP contribution in [0.5, 0.6) is 0 Å². The van der Waals surface area contributed by atoms with Crippen molar-refractivity contribution < 1.29 is 9.31 Å². The van der Waals surface area contributed by atoms with Crippen molar-refractivity contribution in [3.8, 4) is 0 Å². The highest BCUT2D eigenvalue weighted by molar-refractivity contribution is 5.27. The highest BCUT2D eigenvalue weighted by Crippen LogP contribution is 2.06. The van der Waals surface area contributed by atoms with Crippen LogP contribution in [0.3, 0.4) is 0 Å². The number of rotatable bonds is 1. The molecular formula is C12H10FNO2. The fraction of sp³-hybridized carbons (Fsp3) is 0. The summed E-state index contributed by atoms with van der Waals surface area (Å²) in [6, 6.07) is 15.9. The number of nitrogens with zero attached hydrogens (tertiary/aromatic N) is 1. The second-order valence-corrected chi connectivity index (χ2v) is 2.89. The maximum Gasteiger partial charge on any atom is 0.269 e. The van der Waals surface area contributed by atoms with Crippen LogP contribution in [0.15, 0.2) is 60.7 Å². The predicted molar refractivity (Wildman–Crippen MR) is 59.5 cm³/mol. The van der Waals surface area contributed by atoms with Crippen LogP contribution in [0, 0.1) is 15.9 Å². The Balaban J connectivity index is 0.000000165. The molecule has 2 aromatic carbocycles. The predicted octanol–water partition coefficient (Wildman–Crippen LogP) is 3.42. The lowest BCUT2D eigenvalue weighted by Crippen LogP contribution is -1.84. The Morgan fingerprint density at radius 2 is 1.31 bits per heavy atom. The van der Waals surface area contributed by atoms with Gasteiger partial charge >= 0.3 is 0 Å². The number of non-ortho nitro benzene ring substituents is 1. The third-order valence-electron chi connectivity index (χ3n) is 1.70. The van der Waals surface area contributed by atoms with Gasteiger partial charge in [-0.05, 0) is 12.1 Å². The fourth-order valence-corrected chi connectivity index (χ4v) is 0.964. The Hall–Kier alpha value is -2.23. The zero-order valence-electron chi connectivity index (χ0n) is 8.42. The first-order valence-corrected chi connectivity index (χ1v) is 4.60. The van der Waals surface area contributed by atoms with E-state index < -0.39 is 4.92 Å². The summed E-state index contributed by atoms with van der Waals surface area (Å²) in [4.78, 5) is 9.59. The van der Waals surface area contributed by atoms with E-state index in [0.717, 1.165) is 0 Å². The number of hydrogen-bond acceptors (Lipinski definition) is 2. The van der Waals surface area contributed by atoms with E-state index in [-0.39, 0.29) is 11.5 Å². The minimum atomic E-state index is -0.417. The number of nitro groups is 1. The van der Waals surface area contributed by atoms with Gasteiger partial charge < -0.3 is 0 Å². The summed E-state index contributed by atoms with van der Waals surface area (Å²) in [5.41, 5.74) is 0.137. The fourth-order valence-electron chi connectivity index (χ4n) is 0.964. The number of halogens is 1.